The van der Waals surface area contributed by atoms with E-state index in [0.717, 1.165) is 38.1 Å². The Morgan fingerprint density at radius 1 is 1.29 bits per heavy atom. The number of rotatable bonds is 4. The van der Waals surface area contributed by atoms with E-state index in [1.807, 2.05) is 40.0 Å². The van der Waals surface area contributed by atoms with E-state index in [1.165, 1.54) is 5.56 Å². The third-order valence-corrected chi connectivity index (χ3v) is 5.25. The predicted molar refractivity (Wildman–Crippen MR) is 90.9 cm³/mol. The van der Waals surface area contributed by atoms with Crippen molar-refractivity contribution in [2.24, 2.45) is 5.92 Å². The Morgan fingerprint density at radius 3 is 2.96 bits per heavy atom. The van der Waals surface area contributed by atoms with Crippen LogP contribution in [0.1, 0.15) is 36.8 Å². The largest absolute Gasteiger partial charge is 0.496 e. The molecule has 1 amide bonds. The van der Waals surface area contributed by atoms with Crippen molar-refractivity contribution in [3.8, 4) is 5.75 Å². The SMILES string of the molecule is COc1ccccc1[C@@H]1C[C@H]1C(=O)N1CCC[C@H](n2cccn2)C1. The topological polar surface area (TPSA) is 47.4 Å². The molecule has 2 heterocycles. The Labute approximate surface area is 142 Å². The van der Waals surface area contributed by atoms with Crippen LogP contribution in [0.5, 0.6) is 5.75 Å². The van der Waals surface area contributed by atoms with Gasteiger partial charge in [0.1, 0.15) is 5.75 Å². The molecule has 0 spiro atoms. The fourth-order valence-corrected chi connectivity index (χ4v) is 3.89. The van der Waals surface area contributed by atoms with Gasteiger partial charge in [0.2, 0.25) is 5.91 Å². The maximum atomic E-state index is 12.9. The summed E-state index contributed by atoms with van der Waals surface area (Å²) in [6.07, 6.45) is 6.86. The number of hydrogen-bond acceptors (Lipinski definition) is 3. The van der Waals surface area contributed by atoms with Gasteiger partial charge in [-0.3, -0.25) is 9.48 Å². The molecule has 1 saturated carbocycles. The summed E-state index contributed by atoms with van der Waals surface area (Å²) in [6, 6.07) is 10.3. The van der Waals surface area contributed by atoms with Gasteiger partial charge in [-0.15, -0.1) is 0 Å². The quantitative estimate of drug-likeness (QED) is 0.868. The highest BCUT2D eigenvalue weighted by Crippen LogP contribution is 2.51. The standard InChI is InChI=1S/C19H23N3O2/c1-24-18-8-3-2-7-15(18)16-12-17(16)19(23)21-10-4-6-14(13-21)22-11-5-9-20-22/h2-3,5,7-9,11,14,16-17H,4,6,10,12-13H2,1H3/t14-,16-,17+/m0/s1. The number of carbonyl (C=O) groups excluding carboxylic acids is 1. The van der Waals surface area contributed by atoms with Crippen LogP contribution in [0.2, 0.25) is 0 Å². The molecule has 5 heteroatoms. The third-order valence-electron chi connectivity index (χ3n) is 5.25. The zero-order chi connectivity index (χ0) is 16.5. The average molecular weight is 325 g/mol. The van der Waals surface area contributed by atoms with E-state index >= 15 is 0 Å². The molecule has 0 unspecified atom stereocenters. The van der Waals surface area contributed by atoms with Crippen LogP contribution in [-0.2, 0) is 4.79 Å². The first-order valence-corrected chi connectivity index (χ1v) is 8.68. The van der Waals surface area contributed by atoms with E-state index in [0.29, 0.717) is 17.9 Å². The highest BCUT2D eigenvalue weighted by atomic mass is 16.5. The average Bonchev–Trinajstić information content (AvgIpc) is 3.24. The van der Waals surface area contributed by atoms with E-state index in [4.69, 9.17) is 4.74 Å². The Kier molecular flexibility index (Phi) is 4.00. The molecular weight excluding hydrogens is 302 g/mol. The second kappa shape index (κ2) is 6.30. The van der Waals surface area contributed by atoms with E-state index in [-0.39, 0.29) is 5.92 Å². The van der Waals surface area contributed by atoms with Crippen LogP contribution < -0.4 is 4.74 Å². The minimum absolute atomic E-state index is 0.109. The molecule has 3 atom stereocenters. The lowest BCUT2D eigenvalue weighted by Gasteiger charge is -2.33. The molecule has 4 rings (SSSR count). The second-order valence-corrected chi connectivity index (χ2v) is 6.76. The van der Waals surface area contributed by atoms with Gasteiger partial charge >= 0.3 is 0 Å². The van der Waals surface area contributed by atoms with Gasteiger partial charge in [0.15, 0.2) is 0 Å². The van der Waals surface area contributed by atoms with Crippen molar-refractivity contribution in [3.63, 3.8) is 0 Å². The highest BCUT2D eigenvalue weighted by molar-refractivity contribution is 5.83. The molecule has 1 aromatic carbocycles. The number of amides is 1. The van der Waals surface area contributed by atoms with Crippen LogP contribution in [0.25, 0.3) is 0 Å². The molecule has 0 bridgehead atoms. The Balaban J connectivity index is 1.43. The Morgan fingerprint density at radius 2 is 2.17 bits per heavy atom. The van der Waals surface area contributed by atoms with Crippen molar-refractivity contribution < 1.29 is 9.53 Å². The molecule has 2 aromatic rings. The van der Waals surface area contributed by atoms with Crippen molar-refractivity contribution >= 4 is 5.91 Å². The second-order valence-electron chi connectivity index (χ2n) is 6.76. The number of hydrogen-bond donors (Lipinski definition) is 0. The van der Waals surface area contributed by atoms with Crippen molar-refractivity contribution in [1.82, 2.24) is 14.7 Å². The molecule has 24 heavy (non-hydrogen) atoms. The maximum Gasteiger partial charge on any atom is 0.226 e. The van der Waals surface area contributed by atoms with Gasteiger partial charge in [0.25, 0.3) is 0 Å². The third kappa shape index (κ3) is 2.79. The van der Waals surface area contributed by atoms with Crippen LogP contribution in [0.3, 0.4) is 0 Å². The summed E-state index contributed by atoms with van der Waals surface area (Å²) in [5.41, 5.74) is 1.17. The lowest BCUT2D eigenvalue weighted by atomic mass is 10.0. The molecule has 126 valence electrons. The van der Waals surface area contributed by atoms with Crippen LogP contribution in [0.15, 0.2) is 42.7 Å². The molecule has 0 radical (unpaired) electrons. The zero-order valence-electron chi connectivity index (χ0n) is 14.0. The molecule has 2 aliphatic rings. The number of aromatic nitrogens is 2. The lowest BCUT2D eigenvalue weighted by molar-refractivity contribution is -0.134. The summed E-state index contributed by atoms with van der Waals surface area (Å²) < 4.78 is 7.44. The fourth-order valence-electron chi connectivity index (χ4n) is 3.89. The number of ether oxygens (including phenoxy) is 1. The number of carbonyl (C=O) groups is 1. The fraction of sp³-hybridized carbons (Fsp3) is 0.474. The summed E-state index contributed by atoms with van der Waals surface area (Å²) in [5.74, 6) is 1.60. The van der Waals surface area contributed by atoms with Crippen LogP contribution in [0, 0.1) is 5.92 Å². The van der Waals surface area contributed by atoms with Gasteiger partial charge in [0.05, 0.1) is 13.2 Å². The predicted octanol–water partition coefficient (Wildman–Crippen LogP) is 2.86. The maximum absolute atomic E-state index is 12.9. The number of nitrogens with zero attached hydrogens (tertiary/aromatic N) is 3. The van der Waals surface area contributed by atoms with E-state index < -0.39 is 0 Å². The lowest BCUT2D eigenvalue weighted by Crippen LogP contribution is -2.41. The van der Waals surface area contributed by atoms with Crippen molar-refractivity contribution in [2.45, 2.75) is 31.2 Å². The van der Waals surface area contributed by atoms with Crippen molar-refractivity contribution in [2.75, 3.05) is 20.2 Å². The first-order chi connectivity index (χ1) is 11.8. The summed E-state index contributed by atoms with van der Waals surface area (Å²) >= 11 is 0. The van der Waals surface area contributed by atoms with Crippen LogP contribution >= 0.6 is 0 Å². The summed E-state index contributed by atoms with van der Waals surface area (Å²) in [5, 5.41) is 4.34. The monoisotopic (exact) mass is 325 g/mol. The Hall–Kier alpha value is -2.30. The van der Waals surface area contributed by atoms with Gasteiger partial charge < -0.3 is 9.64 Å². The number of benzene rings is 1. The number of piperidine rings is 1. The van der Waals surface area contributed by atoms with Gasteiger partial charge in [-0.05, 0) is 42.9 Å². The molecule has 1 aliphatic heterocycles. The summed E-state index contributed by atoms with van der Waals surface area (Å²) in [7, 11) is 1.69. The first-order valence-electron chi connectivity index (χ1n) is 8.68. The normalized spacial score (nSPS) is 26.2. The molecule has 1 saturated heterocycles. The van der Waals surface area contributed by atoms with Gasteiger partial charge in [-0.2, -0.15) is 5.10 Å². The molecule has 0 N–H and O–H groups in total. The van der Waals surface area contributed by atoms with Gasteiger partial charge in [-0.1, -0.05) is 18.2 Å². The number of methoxy groups -OCH3 is 1. The highest BCUT2D eigenvalue weighted by Gasteiger charge is 2.47. The number of likely N-dealkylation sites (tertiary alicyclic amines) is 1. The van der Waals surface area contributed by atoms with E-state index in [9.17, 15) is 4.79 Å². The van der Waals surface area contributed by atoms with E-state index in [1.54, 1.807) is 13.3 Å². The van der Waals surface area contributed by atoms with Crippen LogP contribution in [-0.4, -0.2) is 40.8 Å². The minimum atomic E-state index is 0.109. The van der Waals surface area contributed by atoms with Gasteiger partial charge in [-0.25, -0.2) is 0 Å². The minimum Gasteiger partial charge on any atom is -0.496 e. The van der Waals surface area contributed by atoms with Gasteiger partial charge in [0, 0.05) is 31.4 Å². The zero-order valence-corrected chi connectivity index (χ0v) is 14.0. The molecular formula is C19H23N3O2. The van der Waals surface area contributed by atoms with Crippen LogP contribution in [0.4, 0.5) is 0 Å². The summed E-state index contributed by atoms with van der Waals surface area (Å²) in [4.78, 5) is 15.0. The Bertz CT molecular complexity index is 713. The molecule has 1 aliphatic carbocycles. The van der Waals surface area contributed by atoms with E-state index in [2.05, 4.69) is 11.2 Å². The van der Waals surface area contributed by atoms with Crippen molar-refractivity contribution in [3.05, 3.63) is 48.3 Å². The summed E-state index contributed by atoms with van der Waals surface area (Å²) in [6.45, 7) is 1.64. The molecule has 5 nitrogen and oxygen atoms in total. The smallest absolute Gasteiger partial charge is 0.226 e. The first kappa shape index (κ1) is 15.2. The molecule has 2 fully saturated rings. The van der Waals surface area contributed by atoms with Crippen molar-refractivity contribution in [1.29, 1.82) is 0 Å². The molecule has 1 aromatic heterocycles. The number of para-hydroxylation sites is 1.